The molecule has 0 bridgehead atoms. The van der Waals surface area contributed by atoms with Crippen molar-refractivity contribution < 1.29 is 4.74 Å². The van der Waals surface area contributed by atoms with Crippen molar-refractivity contribution in [1.82, 2.24) is 15.6 Å². The van der Waals surface area contributed by atoms with E-state index in [1.54, 1.807) is 11.3 Å². The molecule has 0 spiro atoms. The third-order valence-electron chi connectivity index (χ3n) is 2.31. The molecule has 102 valence electrons. The van der Waals surface area contributed by atoms with Gasteiger partial charge in [-0.15, -0.1) is 11.3 Å². The maximum atomic E-state index is 5.28. The highest BCUT2D eigenvalue weighted by Gasteiger charge is 2.01. The van der Waals surface area contributed by atoms with E-state index in [1.165, 1.54) is 4.88 Å². The Bertz CT molecular complexity index is 365. The second kappa shape index (κ2) is 8.88. The number of aryl methyl sites for hydroxylation is 1. The quantitative estimate of drug-likeness (QED) is 0.448. The van der Waals surface area contributed by atoms with E-state index in [1.807, 2.05) is 19.4 Å². The van der Waals surface area contributed by atoms with E-state index in [0.717, 1.165) is 31.3 Å². The number of rotatable bonds is 7. The highest BCUT2D eigenvalue weighted by molar-refractivity contribution is 7.09. The third-order valence-corrected chi connectivity index (χ3v) is 3.23. The van der Waals surface area contributed by atoms with Gasteiger partial charge in [-0.3, -0.25) is 0 Å². The summed E-state index contributed by atoms with van der Waals surface area (Å²) in [6, 6.07) is 0. The van der Waals surface area contributed by atoms with Crippen molar-refractivity contribution in [3.05, 3.63) is 16.1 Å². The first kappa shape index (κ1) is 14.9. The Morgan fingerprint density at radius 3 is 2.89 bits per heavy atom. The first-order chi connectivity index (χ1) is 8.77. The van der Waals surface area contributed by atoms with Gasteiger partial charge in [-0.25, -0.2) is 9.98 Å². The SMILES string of the molecule is CCNC(=NCc1scnc1C)NCCOCC. The average molecular weight is 270 g/mol. The highest BCUT2D eigenvalue weighted by Crippen LogP contribution is 2.12. The molecule has 18 heavy (non-hydrogen) atoms. The molecule has 1 aromatic heterocycles. The smallest absolute Gasteiger partial charge is 0.191 e. The molecular weight excluding hydrogens is 248 g/mol. The van der Waals surface area contributed by atoms with Crippen molar-refractivity contribution >= 4 is 17.3 Å². The first-order valence-electron chi connectivity index (χ1n) is 6.26. The van der Waals surface area contributed by atoms with E-state index < -0.39 is 0 Å². The average Bonchev–Trinajstić information content (AvgIpc) is 2.77. The van der Waals surface area contributed by atoms with Gasteiger partial charge in [0.05, 0.1) is 24.4 Å². The third kappa shape index (κ3) is 5.46. The van der Waals surface area contributed by atoms with Crippen LogP contribution in [0.15, 0.2) is 10.5 Å². The topological polar surface area (TPSA) is 58.5 Å². The van der Waals surface area contributed by atoms with Crippen LogP contribution in [0.5, 0.6) is 0 Å². The van der Waals surface area contributed by atoms with Gasteiger partial charge in [0.2, 0.25) is 0 Å². The number of aliphatic imine (C=N–C) groups is 1. The summed E-state index contributed by atoms with van der Waals surface area (Å²) in [4.78, 5) is 9.94. The van der Waals surface area contributed by atoms with Gasteiger partial charge in [-0.05, 0) is 20.8 Å². The molecular formula is C12H22N4OS. The number of ether oxygens (including phenoxy) is 1. The standard InChI is InChI=1S/C12H22N4OS/c1-4-13-12(14-6-7-17-5-2)15-8-11-10(3)16-9-18-11/h9H,4-8H2,1-3H3,(H2,13,14,15). The van der Waals surface area contributed by atoms with Gasteiger partial charge in [-0.1, -0.05) is 0 Å². The van der Waals surface area contributed by atoms with Crippen molar-refractivity contribution in [1.29, 1.82) is 0 Å². The summed E-state index contributed by atoms with van der Waals surface area (Å²) in [5.41, 5.74) is 2.92. The minimum Gasteiger partial charge on any atom is -0.380 e. The van der Waals surface area contributed by atoms with Crippen molar-refractivity contribution in [2.24, 2.45) is 4.99 Å². The molecule has 2 N–H and O–H groups in total. The molecule has 0 unspecified atom stereocenters. The number of aromatic nitrogens is 1. The molecule has 5 nitrogen and oxygen atoms in total. The lowest BCUT2D eigenvalue weighted by Crippen LogP contribution is -2.38. The van der Waals surface area contributed by atoms with Gasteiger partial charge in [0.25, 0.3) is 0 Å². The van der Waals surface area contributed by atoms with Gasteiger partial charge >= 0.3 is 0 Å². The van der Waals surface area contributed by atoms with Gasteiger partial charge < -0.3 is 15.4 Å². The van der Waals surface area contributed by atoms with Crippen LogP contribution in [0.2, 0.25) is 0 Å². The predicted molar refractivity (Wildman–Crippen MR) is 76.2 cm³/mol. The second-order valence-corrected chi connectivity index (χ2v) is 4.62. The molecule has 0 fully saturated rings. The van der Waals surface area contributed by atoms with Crippen LogP contribution < -0.4 is 10.6 Å². The zero-order valence-corrected chi connectivity index (χ0v) is 12.1. The van der Waals surface area contributed by atoms with Crippen molar-refractivity contribution in [3.8, 4) is 0 Å². The monoisotopic (exact) mass is 270 g/mol. The van der Waals surface area contributed by atoms with Crippen LogP contribution in [0.1, 0.15) is 24.4 Å². The van der Waals surface area contributed by atoms with Crippen LogP contribution in [0.4, 0.5) is 0 Å². The maximum Gasteiger partial charge on any atom is 0.191 e. The Labute approximate surface area is 113 Å². The van der Waals surface area contributed by atoms with Crippen LogP contribution in [0.25, 0.3) is 0 Å². The molecule has 1 rings (SSSR count). The number of hydrogen-bond acceptors (Lipinski definition) is 4. The molecule has 0 aliphatic rings. The van der Waals surface area contributed by atoms with Crippen LogP contribution >= 0.6 is 11.3 Å². The molecule has 0 saturated carbocycles. The number of nitrogens with zero attached hydrogens (tertiary/aromatic N) is 2. The minimum atomic E-state index is 0.667. The molecule has 1 aromatic rings. The van der Waals surface area contributed by atoms with E-state index in [2.05, 4.69) is 27.5 Å². The summed E-state index contributed by atoms with van der Waals surface area (Å²) >= 11 is 1.64. The fraction of sp³-hybridized carbons (Fsp3) is 0.667. The fourth-order valence-electron chi connectivity index (χ4n) is 1.36. The molecule has 0 aromatic carbocycles. The number of hydrogen-bond donors (Lipinski definition) is 2. The van der Waals surface area contributed by atoms with E-state index in [0.29, 0.717) is 13.2 Å². The number of thiazole rings is 1. The molecule has 0 amide bonds. The van der Waals surface area contributed by atoms with Gasteiger partial charge in [0, 0.05) is 24.6 Å². The zero-order valence-electron chi connectivity index (χ0n) is 11.3. The van der Waals surface area contributed by atoms with Crippen molar-refractivity contribution in [3.63, 3.8) is 0 Å². The van der Waals surface area contributed by atoms with Crippen molar-refractivity contribution in [2.75, 3.05) is 26.3 Å². The number of guanidine groups is 1. The molecule has 0 radical (unpaired) electrons. The lowest BCUT2D eigenvalue weighted by molar-refractivity contribution is 0.152. The van der Waals surface area contributed by atoms with Crippen molar-refractivity contribution in [2.45, 2.75) is 27.3 Å². The summed E-state index contributed by atoms with van der Waals surface area (Å²) < 4.78 is 5.28. The second-order valence-electron chi connectivity index (χ2n) is 3.68. The number of nitrogens with one attached hydrogen (secondary N) is 2. The van der Waals surface area contributed by atoms with Gasteiger partial charge in [0.15, 0.2) is 5.96 Å². The minimum absolute atomic E-state index is 0.667. The molecule has 6 heteroatoms. The van der Waals surface area contributed by atoms with Gasteiger partial charge in [-0.2, -0.15) is 0 Å². The van der Waals surface area contributed by atoms with E-state index in [4.69, 9.17) is 4.74 Å². The lowest BCUT2D eigenvalue weighted by atomic mass is 10.4. The first-order valence-corrected chi connectivity index (χ1v) is 7.14. The summed E-state index contributed by atoms with van der Waals surface area (Å²) in [6.45, 7) is 9.78. The van der Waals surface area contributed by atoms with Crippen LogP contribution in [-0.4, -0.2) is 37.2 Å². The molecule has 1 heterocycles. The van der Waals surface area contributed by atoms with E-state index in [9.17, 15) is 0 Å². The van der Waals surface area contributed by atoms with Gasteiger partial charge in [0.1, 0.15) is 0 Å². The molecule has 0 atom stereocenters. The Morgan fingerprint density at radius 2 is 2.28 bits per heavy atom. The summed E-state index contributed by atoms with van der Waals surface area (Å²) in [5.74, 6) is 0.824. The van der Waals surface area contributed by atoms with E-state index in [-0.39, 0.29) is 0 Å². The predicted octanol–water partition coefficient (Wildman–Crippen LogP) is 1.54. The normalized spacial score (nSPS) is 11.6. The summed E-state index contributed by atoms with van der Waals surface area (Å²) in [6.07, 6.45) is 0. The molecule has 0 saturated heterocycles. The maximum absolute atomic E-state index is 5.28. The largest absolute Gasteiger partial charge is 0.380 e. The Hall–Kier alpha value is -1.14. The highest BCUT2D eigenvalue weighted by atomic mass is 32.1. The van der Waals surface area contributed by atoms with Crippen LogP contribution in [0.3, 0.4) is 0 Å². The Balaban J connectivity index is 2.42. The Kier molecular flexibility index (Phi) is 7.36. The van der Waals surface area contributed by atoms with Crippen LogP contribution in [-0.2, 0) is 11.3 Å². The van der Waals surface area contributed by atoms with E-state index >= 15 is 0 Å². The fourth-order valence-corrected chi connectivity index (χ4v) is 2.06. The zero-order chi connectivity index (χ0) is 13.2. The lowest BCUT2D eigenvalue weighted by Gasteiger charge is -2.10. The molecule has 0 aliphatic carbocycles. The summed E-state index contributed by atoms with van der Waals surface area (Å²) in [7, 11) is 0. The summed E-state index contributed by atoms with van der Waals surface area (Å²) in [5, 5.41) is 6.44. The molecule has 0 aliphatic heterocycles. The Morgan fingerprint density at radius 1 is 1.44 bits per heavy atom. The van der Waals surface area contributed by atoms with Crippen LogP contribution in [0, 0.1) is 6.92 Å².